The molecule has 2 nitrogen and oxygen atoms in total. The summed E-state index contributed by atoms with van der Waals surface area (Å²) in [4.78, 5) is 0. The van der Waals surface area contributed by atoms with Crippen molar-refractivity contribution in [1.29, 1.82) is 0 Å². The van der Waals surface area contributed by atoms with Crippen molar-refractivity contribution in [2.45, 2.75) is 58.5 Å². The number of ether oxygens (including phenoxy) is 1. The van der Waals surface area contributed by atoms with Crippen LogP contribution in [0.3, 0.4) is 0 Å². The lowest BCUT2D eigenvalue weighted by molar-refractivity contribution is -0.0404. The topological polar surface area (TPSA) is 29.5 Å². The first-order valence-electron chi connectivity index (χ1n) is 6.37. The summed E-state index contributed by atoms with van der Waals surface area (Å²) in [7, 11) is 0. The van der Waals surface area contributed by atoms with Crippen molar-refractivity contribution in [1.82, 2.24) is 0 Å². The molecule has 90 valence electrons. The fourth-order valence-electron chi connectivity index (χ4n) is 2.50. The van der Waals surface area contributed by atoms with Gasteiger partial charge in [-0.2, -0.15) is 0 Å². The van der Waals surface area contributed by atoms with Gasteiger partial charge in [-0.1, -0.05) is 13.8 Å². The number of hydrogen-bond donors (Lipinski definition) is 1. The summed E-state index contributed by atoms with van der Waals surface area (Å²) in [6.45, 7) is 8.04. The van der Waals surface area contributed by atoms with Crippen molar-refractivity contribution >= 4 is 0 Å². The Morgan fingerprint density at radius 2 is 1.93 bits per heavy atom. The molecule has 0 unspecified atom stereocenters. The van der Waals surface area contributed by atoms with E-state index in [1.165, 1.54) is 12.8 Å². The van der Waals surface area contributed by atoms with Gasteiger partial charge in [-0.05, 0) is 50.9 Å². The van der Waals surface area contributed by atoms with Gasteiger partial charge in [-0.15, -0.1) is 0 Å². The van der Waals surface area contributed by atoms with Gasteiger partial charge in [0.15, 0.2) is 0 Å². The molecular formula is C13H26O2. The van der Waals surface area contributed by atoms with E-state index >= 15 is 0 Å². The van der Waals surface area contributed by atoms with Gasteiger partial charge in [0.05, 0.1) is 5.60 Å². The highest BCUT2D eigenvalue weighted by Crippen LogP contribution is 2.37. The number of rotatable bonds is 5. The second kappa shape index (κ2) is 5.86. The Kier molecular flexibility index (Phi) is 5.07. The van der Waals surface area contributed by atoms with Gasteiger partial charge < -0.3 is 9.84 Å². The molecule has 0 saturated heterocycles. The zero-order valence-electron chi connectivity index (χ0n) is 10.5. The Labute approximate surface area is 94.0 Å². The van der Waals surface area contributed by atoms with Crippen LogP contribution in [-0.2, 0) is 4.74 Å². The van der Waals surface area contributed by atoms with Crippen LogP contribution in [0.2, 0.25) is 0 Å². The summed E-state index contributed by atoms with van der Waals surface area (Å²) in [5.74, 6) is 1.58. The quantitative estimate of drug-likeness (QED) is 0.713. The summed E-state index contributed by atoms with van der Waals surface area (Å²) < 4.78 is 5.32. The Hall–Kier alpha value is -0.0800. The minimum absolute atomic E-state index is 0.430. The molecular weight excluding hydrogens is 188 g/mol. The second-order valence-electron chi connectivity index (χ2n) is 5.25. The van der Waals surface area contributed by atoms with Gasteiger partial charge in [0.2, 0.25) is 0 Å². The molecule has 0 aromatic heterocycles. The average Bonchev–Trinajstić information content (AvgIpc) is 2.18. The predicted octanol–water partition coefficient (Wildman–Crippen LogP) is 2.99. The Balaban J connectivity index is 2.27. The SMILES string of the molecule is CCOCCC1(O)CCC(C(C)C)CC1. The molecule has 1 aliphatic rings. The number of aliphatic hydroxyl groups is 1. The van der Waals surface area contributed by atoms with Crippen molar-refractivity contribution in [3.05, 3.63) is 0 Å². The van der Waals surface area contributed by atoms with E-state index in [0.717, 1.165) is 37.7 Å². The predicted molar refractivity (Wildman–Crippen MR) is 62.9 cm³/mol. The number of hydrogen-bond acceptors (Lipinski definition) is 2. The van der Waals surface area contributed by atoms with Crippen molar-refractivity contribution in [3.63, 3.8) is 0 Å². The zero-order valence-corrected chi connectivity index (χ0v) is 10.5. The van der Waals surface area contributed by atoms with Crippen LogP contribution in [0.25, 0.3) is 0 Å². The third-order valence-electron chi connectivity index (χ3n) is 3.82. The maximum Gasteiger partial charge on any atom is 0.0670 e. The first-order chi connectivity index (χ1) is 7.07. The largest absolute Gasteiger partial charge is 0.390 e. The van der Waals surface area contributed by atoms with Crippen LogP contribution in [0.5, 0.6) is 0 Å². The molecule has 1 N–H and O–H groups in total. The summed E-state index contributed by atoms with van der Waals surface area (Å²) in [6, 6.07) is 0. The smallest absolute Gasteiger partial charge is 0.0670 e. The van der Waals surface area contributed by atoms with E-state index in [2.05, 4.69) is 13.8 Å². The van der Waals surface area contributed by atoms with Crippen molar-refractivity contribution in [2.75, 3.05) is 13.2 Å². The molecule has 1 rings (SSSR count). The van der Waals surface area contributed by atoms with E-state index < -0.39 is 5.60 Å². The highest BCUT2D eigenvalue weighted by atomic mass is 16.5. The van der Waals surface area contributed by atoms with Crippen LogP contribution in [0.1, 0.15) is 52.9 Å². The van der Waals surface area contributed by atoms with Gasteiger partial charge in [0.1, 0.15) is 0 Å². The zero-order chi connectivity index (χ0) is 11.3. The van der Waals surface area contributed by atoms with Crippen molar-refractivity contribution in [2.24, 2.45) is 11.8 Å². The minimum atomic E-state index is -0.430. The molecule has 0 atom stereocenters. The molecule has 0 aromatic rings. The standard InChI is InChI=1S/C13H26O2/c1-4-15-10-9-13(14)7-5-12(6-8-13)11(2)3/h11-12,14H,4-10H2,1-3H3. The summed E-state index contributed by atoms with van der Waals surface area (Å²) in [6.07, 6.45) is 5.10. The molecule has 0 spiro atoms. The van der Waals surface area contributed by atoms with E-state index in [-0.39, 0.29) is 0 Å². The fraction of sp³-hybridized carbons (Fsp3) is 1.00. The summed E-state index contributed by atoms with van der Waals surface area (Å²) in [5, 5.41) is 10.3. The average molecular weight is 214 g/mol. The minimum Gasteiger partial charge on any atom is -0.390 e. The molecule has 1 fully saturated rings. The first kappa shape index (κ1) is 13.0. The normalized spacial score (nSPS) is 32.2. The van der Waals surface area contributed by atoms with Gasteiger partial charge in [-0.25, -0.2) is 0 Å². The van der Waals surface area contributed by atoms with E-state index in [1.54, 1.807) is 0 Å². The van der Waals surface area contributed by atoms with Crippen LogP contribution >= 0.6 is 0 Å². The van der Waals surface area contributed by atoms with E-state index in [9.17, 15) is 5.11 Å². The molecule has 1 saturated carbocycles. The Morgan fingerprint density at radius 3 is 2.40 bits per heavy atom. The molecule has 1 aliphatic carbocycles. The van der Waals surface area contributed by atoms with Gasteiger partial charge >= 0.3 is 0 Å². The lowest BCUT2D eigenvalue weighted by Gasteiger charge is -2.37. The van der Waals surface area contributed by atoms with Crippen molar-refractivity contribution in [3.8, 4) is 0 Å². The monoisotopic (exact) mass is 214 g/mol. The molecule has 2 heteroatoms. The Morgan fingerprint density at radius 1 is 1.33 bits per heavy atom. The molecule has 15 heavy (non-hydrogen) atoms. The van der Waals surface area contributed by atoms with Crippen LogP contribution < -0.4 is 0 Å². The molecule has 0 aliphatic heterocycles. The Bertz CT molecular complexity index is 169. The third kappa shape index (κ3) is 4.12. The van der Waals surface area contributed by atoms with E-state index in [0.29, 0.717) is 6.61 Å². The van der Waals surface area contributed by atoms with E-state index in [4.69, 9.17) is 4.74 Å². The molecule has 0 radical (unpaired) electrons. The lowest BCUT2D eigenvalue weighted by atomic mass is 9.73. The second-order valence-corrected chi connectivity index (χ2v) is 5.25. The summed E-state index contributed by atoms with van der Waals surface area (Å²) >= 11 is 0. The van der Waals surface area contributed by atoms with Crippen LogP contribution in [0, 0.1) is 11.8 Å². The van der Waals surface area contributed by atoms with Crippen LogP contribution in [0.4, 0.5) is 0 Å². The molecule has 0 heterocycles. The third-order valence-corrected chi connectivity index (χ3v) is 3.82. The van der Waals surface area contributed by atoms with Gasteiger partial charge in [0.25, 0.3) is 0 Å². The maximum absolute atomic E-state index is 10.3. The maximum atomic E-state index is 10.3. The molecule has 0 aromatic carbocycles. The first-order valence-corrected chi connectivity index (χ1v) is 6.37. The van der Waals surface area contributed by atoms with Crippen molar-refractivity contribution < 1.29 is 9.84 Å². The van der Waals surface area contributed by atoms with E-state index in [1.807, 2.05) is 6.92 Å². The molecule has 0 amide bonds. The fourth-order valence-corrected chi connectivity index (χ4v) is 2.50. The van der Waals surface area contributed by atoms with Gasteiger partial charge in [-0.3, -0.25) is 0 Å². The van der Waals surface area contributed by atoms with Crippen LogP contribution in [0.15, 0.2) is 0 Å². The highest BCUT2D eigenvalue weighted by Gasteiger charge is 2.33. The van der Waals surface area contributed by atoms with Gasteiger partial charge in [0, 0.05) is 13.2 Å². The van der Waals surface area contributed by atoms with Crippen LogP contribution in [-0.4, -0.2) is 23.9 Å². The highest BCUT2D eigenvalue weighted by molar-refractivity contribution is 4.86. The lowest BCUT2D eigenvalue weighted by Crippen LogP contribution is -2.36. The summed E-state index contributed by atoms with van der Waals surface area (Å²) in [5.41, 5.74) is -0.430. The molecule has 0 bridgehead atoms.